The molecule has 6 heteroatoms. The lowest BCUT2D eigenvalue weighted by Crippen LogP contribution is -2.08. The summed E-state index contributed by atoms with van der Waals surface area (Å²) in [6.07, 6.45) is 5.14. The fourth-order valence-electron chi connectivity index (χ4n) is 2.57. The third kappa shape index (κ3) is 5.64. The molecule has 0 fully saturated rings. The molecule has 0 bridgehead atoms. The Labute approximate surface area is 162 Å². The van der Waals surface area contributed by atoms with Crippen molar-refractivity contribution in [2.24, 2.45) is 0 Å². The number of thiophene rings is 1. The van der Waals surface area contributed by atoms with Gasteiger partial charge in [-0.3, -0.25) is 4.68 Å². The number of hydrogen-bond donors (Lipinski definition) is 0. The average Bonchev–Trinajstić information content (AvgIpc) is 3.34. The van der Waals surface area contributed by atoms with Crippen molar-refractivity contribution in [3.8, 4) is 10.6 Å². The van der Waals surface area contributed by atoms with E-state index >= 15 is 0 Å². The molecule has 0 aliphatic heterocycles. The molecule has 3 rings (SSSR count). The van der Waals surface area contributed by atoms with Crippen LogP contribution in [0.1, 0.15) is 18.1 Å². The summed E-state index contributed by atoms with van der Waals surface area (Å²) < 4.78 is 12.2. The number of aromatic nitrogens is 2. The second-order valence-electron chi connectivity index (χ2n) is 5.79. The van der Waals surface area contributed by atoms with Crippen LogP contribution in [-0.2, 0) is 20.8 Å². The molecule has 1 aromatic carbocycles. The third-order valence-electron chi connectivity index (χ3n) is 3.81. The second kappa shape index (κ2) is 9.85. The van der Waals surface area contributed by atoms with Crippen molar-refractivity contribution in [1.82, 2.24) is 9.78 Å². The molecule has 0 unspecified atom stereocenters. The molecular formula is C21H22N2O3S. The predicted molar refractivity (Wildman–Crippen MR) is 108 cm³/mol. The van der Waals surface area contributed by atoms with Gasteiger partial charge < -0.3 is 9.47 Å². The lowest BCUT2D eigenvalue weighted by Gasteiger charge is -2.01. The molecule has 0 radical (unpaired) electrons. The van der Waals surface area contributed by atoms with Crippen molar-refractivity contribution in [3.63, 3.8) is 0 Å². The van der Waals surface area contributed by atoms with Gasteiger partial charge in [-0.2, -0.15) is 5.10 Å². The first kappa shape index (κ1) is 19.1. The molecule has 2 heterocycles. The van der Waals surface area contributed by atoms with Gasteiger partial charge >= 0.3 is 5.97 Å². The Bertz CT molecular complexity index is 870. The van der Waals surface area contributed by atoms with Crippen molar-refractivity contribution < 1.29 is 14.3 Å². The van der Waals surface area contributed by atoms with Crippen molar-refractivity contribution in [1.29, 1.82) is 0 Å². The van der Waals surface area contributed by atoms with E-state index in [1.54, 1.807) is 17.4 Å². The summed E-state index contributed by atoms with van der Waals surface area (Å²) in [6, 6.07) is 14.2. The molecule has 0 N–H and O–H groups in total. The average molecular weight is 382 g/mol. The summed E-state index contributed by atoms with van der Waals surface area (Å²) in [5.41, 5.74) is 2.91. The number of hydrogen-bond acceptors (Lipinski definition) is 5. The zero-order valence-electron chi connectivity index (χ0n) is 15.2. The van der Waals surface area contributed by atoms with Gasteiger partial charge in [-0.1, -0.05) is 36.4 Å². The molecular weight excluding hydrogens is 360 g/mol. The van der Waals surface area contributed by atoms with E-state index in [-0.39, 0.29) is 12.6 Å². The monoisotopic (exact) mass is 382 g/mol. The quantitative estimate of drug-likeness (QED) is 0.315. The van der Waals surface area contributed by atoms with E-state index in [0.717, 1.165) is 16.1 Å². The van der Waals surface area contributed by atoms with Crippen LogP contribution >= 0.6 is 11.3 Å². The van der Waals surface area contributed by atoms with Crippen LogP contribution in [0.3, 0.4) is 0 Å². The van der Waals surface area contributed by atoms with Crippen molar-refractivity contribution in [2.45, 2.75) is 13.5 Å². The van der Waals surface area contributed by atoms with Crippen LogP contribution in [0.5, 0.6) is 0 Å². The minimum absolute atomic E-state index is 0.252. The van der Waals surface area contributed by atoms with Gasteiger partial charge in [-0.25, -0.2) is 4.79 Å². The van der Waals surface area contributed by atoms with Gasteiger partial charge in [-0.15, -0.1) is 11.3 Å². The van der Waals surface area contributed by atoms with Gasteiger partial charge in [0.2, 0.25) is 0 Å². The molecule has 0 amide bonds. The normalized spacial score (nSPS) is 11.1. The number of rotatable bonds is 9. The number of ether oxygens (including phenoxy) is 2. The van der Waals surface area contributed by atoms with Gasteiger partial charge in [0, 0.05) is 24.4 Å². The summed E-state index contributed by atoms with van der Waals surface area (Å²) in [6.45, 7) is 3.85. The highest BCUT2D eigenvalue weighted by Crippen LogP contribution is 2.27. The number of benzene rings is 1. The summed E-state index contributed by atoms with van der Waals surface area (Å²) >= 11 is 1.62. The summed E-state index contributed by atoms with van der Waals surface area (Å²) in [5, 5.41) is 6.73. The van der Waals surface area contributed by atoms with Gasteiger partial charge in [0.15, 0.2) is 0 Å². The van der Waals surface area contributed by atoms with E-state index in [0.29, 0.717) is 19.8 Å². The molecule has 5 nitrogen and oxygen atoms in total. The van der Waals surface area contributed by atoms with E-state index < -0.39 is 0 Å². The molecule has 2 aromatic heterocycles. The Hall–Kier alpha value is -2.70. The smallest absolute Gasteiger partial charge is 0.330 e. The van der Waals surface area contributed by atoms with Crippen molar-refractivity contribution in [2.75, 3.05) is 19.8 Å². The Morgan fingerprint density at radius 3 is 2.78 bits per heavy atom. The fourth-order valence-corrected chi connectivity index (χ4v) is 3.30. The summed E-state index contributed by atoms with van der Waals surface area (Å²) in [4.78, 5) is 12.9. The molecule has 0 saturated heterocycles. The Balaban J connectivity index is 1.74. The maximum atomic E-state index is 11.9. The molecule has 140 valence electrons. The number of carbonyl (C=O) groups is 1. The summed E-state index contributed by atoms with van der Waals surface area (Å²) in [7, 11) is 0. The molecule has 0 spiro atoms. The van der Waals surface area contributed by atoms with E-state index in [1.807, 2.05) is 53.5 Å². The Kier molecular flexibility index (Phi) is 6.96. The van der Waals surface area contributed by atoms with E-state index in [9.17, 15) is 4.79 Å². The first-order valence-corrected chi connectivity index (χ1v) is 9.72. The van der Waals surface area contributed by atoms with Crippen LogP contribution in [0.15, 0.2) is 60.1 Å². The fraction of sp³-hybridized carbons (Fsp3) is 0.238. The number of carbonyl (C=O) groups excluding carboxylic acids is 1. The van der Waals surface area contributed by atoms with Crippen LogP contribution < -0.4 is 0 Å². The van der Waals surface area contributed by atoms with E-state index in [2.05, 4.69) is 12.1 Å². The standard InChI is InChI=1S/C21H22N2O3S/c1-2-25-12-13-26-20(24)11-10-18-16-23(15-17-7-4-3-5-8-17)22-21(18)19-9-6-14-27-19/h3-11,14,16H,2,12-13,15H2,1H3/b11-10+. The Morgan fingerprint density at radius 1 is 1.19 bits per heavy atom. The van der Waals surface area contributed by atoms with Crippen LogP contribution in [-0.4, -0.2) is 35.6 Å². The van der Waals surface area contributed by atoms with E-state index in [4.69, 9.17) is 14.6 Å². The van der Waals surface area contributed by atoms with Gasteiger partial charge in [0.1, 0.15) is 12.3 Å². The largest absolute Gasteiger partial charge is 0.460 e. The van der Waals surface area contributed by atoms with Gasteiger partial charge in [-0.05, 0) is 30.0 Å². The highest BCUT2D eigenvalue weighted by molar-refractivity contribution is 7.13. The zero-order valence-corrected chi connectivity index (χ0v) is 16.0. The molecule has 3 aromatic rings. The minimum atomic E-state index is -0.386. The minimum Gasteiger partial charge on any atom is -0.460 e. The van der Waals surface area contributed by atoms with Crippen molar-refractivity contribution in [3.05, 3.63) is 71.2 Å². The van der Waals surface area contributed by atoms with Crippen LogP contribution in [0, 0.1) is 0 Å². The second-order valence-corrected chi connectivity index (χ2v) is 6.74. The predicted octanol–water partition coefficient (Wildman–Crippen LogP) is 4.25. The zero-order chi connectivity index (χ0) is 18.9. The maximum absolute atomic E-state index is 11.9. The Morgan fingerprint density at radius 2 is 2.04 bits per heavy atom. The maximum Gasteiger partial charge on any atom is 0.330 e. The first-order chi connectivity index (χ1) is 13.3. The SMILES string of the molecule is CCOCCOC(=O)/C=C/c1cn(Cc2ccccc2)nc1-c1cccs1. The first-order valence-electron chi connectivity index (χ1n) is 8.84. The van der Waals surface area contributed by atoms with Crippen LogP contribution in [0.25, 0.3) is 16.6 Å². The topological polar surface area (TPSA) is 53.4 Å². The van der Waals surface area contributed by atoms with Gasteiger partial charge in [0.05, 0.1) is 18.0 Å². The highest BCUT2D eigenvalue weighted by Gasteiger charge is 2.11. The van der Waals surface area contributed by atoms with Gasteiger partial charge in [0.25, 0.3) is 0 Å². The number of esters is 1. The lowest BCUT2D eigenvalue weighted by molar-refractivity contribution is -0.139. The molecule has 0 atom stereocenters. The third-order valence-corrected chi connectivity index (χ3v) is 4.68. The molecule has 27 heavy (non-hydrogen) atoms. The van der Waals surface area contributed by atoms with Crippen molar-refractivity contribution >= 4 is 23.4 Å². The highest BCUT2D eigenvalue weighted by atomic mass is 32.1. The van der Waals surface area contributed by atoms with Crippen LogP contribution in [0.4, 0.5) is 0 Å². The molecule has 0 aliphatic carbocycles. The van der Waals surface area contributed by atoms with Crippen LogP contribution in [0.2, 0.25) is 0 Å². The summed E-state index contributed by atoms with van der Waals surface area (Å²) in [5.74, 6) is -0.386. The number of nitrogens with zero attached hydrogens (tertiary/aromatic N) is 2. The molecule has 0 saturated carbocycles. The van der Waals surface area contributed by atoms with E-state index in [1.165, 1.54) is 11.6 Å². The molecule has 0 aliphatic rings. The lowest BCUT2D eigenvalue weighted by atomic mass is 10.2.